The summed E-state index contributed by atoms with van der Waals surface area (Å²) in [7, 11) is 0. The Bertz CT molecular complexity index is 604. The Balaban J connectivity index is 2.52. The molecule has 3 N–H and O–H groups in total. The van der Waals surface area contributed by atoms with Gasteiger partial charge in [-0.2, -0.15) is 0 Å². The molecule has 1 aromatic heterocycles. The summed E-state index contributed by atoms with van der Waals surface area (Å²) >= 11 is 0. The van der Waals surface area contributed by atoms with Crippen LogP contribution in [0.4, 0.5) is 11.6 Å². The molecule has 0 saturated carbocycles. The first-order chi connectivity index (χ1) is 9.51. The molecule has 2 amide bonds. The number of carbonyl (C=O) groups excluding carboxylic acids is 2. The van der Waals surface area contributed by atoms with Gasteiger partial charge in [0.05, 0.1) is 6.54 Å². The fourth-order valence-electron chi connectivity index (χ4n) is 2.08. The monoisotopic (exact) mass is 291 g/mol. The molecule has 1 fully saturated rings. The van der Waals surface area contributed by atoms with Crippen LogP contribution in [0.3, 0.4) is 0 Å². The second kappa shape index (κ2) is 4.68. The van der Waals surface area contributed by atoms with Crippen molar-refractivity contribution in [2.75, 3.05) is 17.2 Å². The second-order valence-electron chi connectivity index (χ2n) is 6.75. The van der Waals surface area contributed by atoms with Gasteiger partial charge in [0.15, 0.2) is 0 Å². The minimum atomic E-state index is -0.885. The van der Waals surface area contributed by atoms with E-state index in [-0.39, 0.29) is 23.8 Å². The summed E-state index contributed by atoms with van der Waals surface area (Å²) in [6.45, 7) is 9.47. The zero-order valence-corrected chi connectivity index (χ0v) is 13.0. The normalized spacial score (nSPS) is 18.6. The highest BCUT2D eigenvalue weighted by atomic mass is 16.2. The van der Waals surface area contributed by atoms with Crippen molar-refractivity contribution < 1.29 is 9.59 Å². The molecule has 0 spiro atoms. The van der Waals surface area contributed by atoms with E-state index in [0.717, 1.165) is 0 Å². The molecule has 21 heavy (non-hydrogen) atoms. The highest BCUT2D eigenvalue weighted by Crippen LogP contribution is 2.28. The molecule has 0 aliphatic carbocycles. The zero-order chi connectivity index (χ0) is 16.0. The van der Waals surface area contributed by atoms with E-state index < -0.39 is 5.54 Å². The molecule has 0 unspecified atom stereocenters. The van der Waals surface area contributed by atoms with Crippen molar-refractivity contribution in [3.8, 4) is 0 Å². The van der Waals surface area contributed by atoms with E-state index in [4.69, 9.17) is 5.73 Å². The third kappa shape index (κ3) is 2.81. The van der Waals surface area contributed by atoms with Gasteiger partial charge in [-0.3, -0.25) is 14.9 Å². The number of anilines is 2. The van der Waals surface area contributed by atoms with Gasteiger partial charge in [0.25, 0.3) is 5.91 Å². The van der Waals surface area contributed by atoms with Crippen LogP contribution in [0.25, 0.3) is 0 Å². The number of nitrogen functional groups attached to an aromatic ring is 1. The van der Waals surface area contributed by atoms with Gasteiger partial charge >= 0.3 is 0 Å². The Labute approximate surface area is 123 Å². The van der Waals surface area contributed by atoms with E-state index in [1.165, 1.54) is 0 Å². The van der Waals surface area contributed by atoms with Gasteiger partial charge in [0.2, 0.25) is 5.91 Å². The molecule has 7 nitrogen and oxygen atoms in total. The Hall–Kier alpha value is -2.18. The molecule has 114 valence electrons. The van der Waals surface area contributed by atoms with Crippen molar-refractivity contribution in [2.45, 2.75) is 45.6 Å². The fourth-order valence-corrected chi connectivity index (χ4v) is 2.08. The van der Waals surface area contributed by atoms with Crippen LogP contribution in [0.15, 0.2) is 6.07 Å². The Morgan fingerprint density at radius 2 is 1.90 bits per heavy atom. The summed E-state index contributed by atoms with van der Waals surface area (Å²) in [5.74, 6) is 0.675. The number of amides is 2. The van der Waals surface area contributed by atoms with Crippen molar-refractivity contribution in [1.82, 2.24) is 15.3 Å². The summed E-state index contributed by atoms with van der Waals surface area (Å²) in [6, 6.07) is 1.59. The predicted molar refractivity (Wildman–Crippen MR) is 79.7 cm³/mol. The lowest BCUT2D eigenvalue weighted by molar-refractivity contribution is -0.135. The SMILES string of the molecule is CC(C)(C)c1nc(N)cc(N2CC(=O)NC(=O)C2(C)C)n1. The van der Waals surface area contributed by atoms with E-state index in [9.17, 15) is 9.59 Å². The average Bonchev–Trinajstić information content (AvgIpc) is 2.32. The van der Waals surface area contributed by atoms with Gasteiger partial charge in [0.1, 0.15) is 23.0 Å². The number of nitrogens with two attached hydrogens (primary N) is 1. The first kappa shape index (κ1) is 15.2. The number of nitrogens with one attached hydrogen (secondary N) is 1. The lowest BCUT2D eigenvalue weighted by Gasteiger charge is -2.41. The lowest BCUT2D eigenvalue weighted by atomic mass is 9.95. The van der Waals surface area contributed by atoms with Gasteiger partial charge in [0, 0.05) is 11.5 Å². The number of hydrogen-bond donors (Lipinski definition) is 2. The van der Waals surface area contributed by atoms with Crippen molar-refractivity contribution in [3.05, 3.63) is 11.9 Å². The number of carbonyl (C=O) groups is 2. The molecule has 1 saturated heterocycles. The summed E-state index contributed by atoms with van der Waals surface area (Å²) < 4.78 is 0. The molecule has 2 rings (SSSR count). The second-order valence-corrected chi connectivity index (χ2v) is 6.75. The third-order valence-corrected chi connectivity index (χ3v) is 3.46. The quantitative estimate of drug-likeness (QED) is 0.735. The molecular formula is C14H21N5O2. The van der Waals surface area contributed by atoms with Gasteiger partial charge in [-0.05, 0) is 13.8 Å². The Kier molecular flexibility index (Phi) is 3.39. The highest BCUT2D eigenvalue weighted by Gasteiger charge is 2.42. The number of aromatic nitrogens is 2. The Morgan fingerprint density at radius 1 is 1.29 bits per heavy atom. The first-order valence-electron chi connectivity index (χ1n) is 6.79. The van der Waals surface area contributed by atoms with Crippen LogP contribution in [0.5, 0.6) is 0 Å². The maximum Gasteiger partial charge on any atom is 0.251 e. The van der Waals surface area contributed by atoms with Crippen LogP contribution in [0.1, 0.15) is 40.4 Å². The number of rotatable bonds is 1. The van der Waals surface area contributed by atoms with E-state index >= 15 is 0 Å². The molecule has 7 heteroatoms. The molecule has 0 atom stereocenters. The van der Waals surface area contributed by atoms with Crippen molar-refractivity contribution in [1.29, 1.82) is 0 Å². The third-order valence-electron chi connectivity index (χ3n) is 3.46. The number of nitrogens with zero attached hydrogens (tertiary/aromatic N) is 3. The van der Waals surface area contributed by atoms with Crippen LogP contribution in [-0.4, -0.2) is 33.9 Å². The maximum atomic E-state index is 12.0. The summed E-state index contributed by atoms with van der Waals surface area (Å²) in [6.07, 6.45) is 0. The molecule has 1 aliphatic heterocycles. The topological polar surface area (TPSA) is 101 Å². The van der Waals surface area contributed by atoms with E-state index in [0.29, 0.717) is 17.5 Å². The minimum Gasteiger partial charge on any atom is -0.384 e. The van der Waals surface area contributed by atoms with E-state index in [1.54, 1.807) is 24.8 Å². The lowest BCUT2D eigenvalue weighted by Crippen LogP contribution is -2.64. The van der Waals surface area contributed by atoms with Gasteiger partial charge in [-0.25, -0.2) is 9.97 Å². The molecule has 2 heterocycles. The first-order valence-corrected chi connectivity index (χ1v) is 6.79. The molecule has 0 bridgehead atoms. The largest absolute Gasteiger partial charge is 0.384 e. The van der Waals surface area contributed by atoms with Crippen LogP contribution in [-0.2, 0) is 15.0 Å². The molecule has 1 aromatic rings. The van der Waals surface area contributed by atoms with Gasteiger partial charge in [-0.1, -0.05) is 20.8 Å². The van der Waals surface area contributed by atoms with Crippen molar-refractivity contribution in [2.24, 2.45) is 0 Å². The molecule has 1 aliphatic rings. The number of imide groups is 1. The average molecular weight is 291 g/mol. The fraction of sp³-hybridized carbons (Fsp3) is 0.571. The van der Waals surface area contributed by atoms with Crippen molar-refractivity contribution >= 4 is 23.5 Å². The van der Waals surface area contributed by atoms with Gasteiger partial charge in [-0.15, -0.1) is 0 Å². The van der Waals surface area contributed by atoms with Crippen LogP contribution in [0.2, 0.25) is 0 Å². The highest BCUT2D eigenvalue weighted by molar-refractivity contribution is 6.06. The smallest absolute Gasteiger partial charge is 0.251 e. The zero-order valence-electron chi connectivity index (χ0n) is 13.0. The number of hydrogen-bond acceptors (Lipinski definition) is 6. The van der Waals surface area contributed by atoms with Crippen LogP contribution in [0, 0.1) is 0 Å². The van der Waals surface area contributed by atoms with Crippen LogP contribution < -0.4 is 16.0 Å². The van der Waals surface area contributed by atoms with E-state index in [1.807, 2.05) is 20.8 Å². The molecule has 0 radical (unpaired) electrons. The molecular weight excluding hydrogens is 270 g/mol. The van der Waals surface area contributed by atoms with E-state index in [2.05, 4.69) is 15.3 Å². The standard InChI is InChI=1S/C14H21N5O2/c1-13(2,3)11-16-8(15)6-9(17-11)19-7-10(20)18-12(21)14(19,4)5/h6H,7H2,1-5H3,(H2,15,16,17)(H,18,20,21). The van der Waals surface area contributed by atoms with Crippen molar-refractivity contribution in [3.63, 3.8) is 0 Å². The number of piperazine rings is 1. The summed E-state index contributed by atoms with van der Waals surface area (Å²) in [5.41, 5.74) is 4.69. The Morgan fingerprint density at radius 3 is 2.48 bits per heavy atom. The minimum absolute atomic E-state index is 0.0543. The van der Waals surface area contributed by atoms with Gasteiger partial charge < -0.3 is 10.6 Å². The predicted octanol–water partition coefficient (Wildman–Crippen LogP) is 0.598. The summed E-state index contributed by atoms with van der Waals surface area (Å²) in [4.78, 5) is 34.1. The molecule has 0 aromatic carbocycles. The maximum absolute atomic E-state index is 12.0. The summed E-state index contributed by atoms with van der Waals surface area (Å²) in [5, 5.41) is 2.33. The van der Waals surface area contributed by atoms with Crippen LogP contribution >= 0.6 is 0 Å².